The van der Waals surface area contributed by atoms with Crippen molar-refractivity contribution in [2.24, 2.45) is 0 Å². The largest absolute Gasteiger partial charge is 0.496 e. The van der Waals surface area contributed by atoms with Gasteiger partial charge in [0, 0.05) is 18.1 Å². The molecule has 0 bridgehead atoms. The number of ether oxygens (including phenoxy) is 1. The van der Waals surface area contributed by atoms with Crippen molar-refractivity contribution in [3.8, 4) is 0 Å². The first-order valence-corrected chi connectivity index (χ1v) is 5.46. The van der Waals surface area contributed by atoms with Crippen LogP contribution >= 0.6 is 0 Å². The predicted molar refractivity (Wildman–Crippen MR) is 64.1 cm³/mol. The molecule has 0 saturated carbocycles. The molecule has 0 aliphatic heterocycles. The molecule has 4 heteroatoms. The zero-order valence-corrected chi connectivity index (χ0v) is 9.82. The lowest BCUT2D eigenvalue weighted by Gasteiger charge is -2.25. The molecule has 0 spiro atoms. The third-order valence-electron chi connectivity index (χ3n) is 2.92. The molecule has 94 valence electrons. The van der Waals surface area contributed by atoms with Crippen LogP contribution in [0.4, 0.5) is 8.78 Å². The Morgan fingerprint density at radius 3 is 2.56 bits per heavy atom. The predicted octanol–water partition coefficient (Wildman–Crippen LogP) is 3.21. The minimum atomic E-state index is -2.59. The maximum absolute atomic E-state index is 14.0. The van der Waals surface area contributed by atoms with Crippen LogP contribution in [0.15, 0.2) is 48.0 Å². The molecule has 0 saturated heterocycles. The number of rotatable bonds is 3. The molecule has 18 heavy (non-hydrogen) atoms. The Labute approximate surface area is 104 Å². The van der Waals surface area contributed by atoms with Crippen LogP contribution in [0, 0.1) is 0 Å². The average molecular weight is 250 g/mol. The van der Waals surface area contributed by atoms with Gasteiger partial charge in [-0.25, -0.2) is 8.78 Å². The summed E-state index contributed by atoms with van der Waals surface area (Å²) >= 11 is 0. The van der Waals surface area contributed by atoms with Crippen molar-refractivity contribution in [2.75, 3.05) is 7.11 Å². The van der Waals surface area contributed by atoms with Crippen molar-refractivity contribution in [1.29, 1.82) is 0 Å². The number of hydrogen-bond donors (Lipinski definition) is 0. The number of carbonyl (C=O) groups excluding carboxylic acids is 1. The molecule has 0 amide bonds. The summed E-state index contributed by atoms with van der Waals surface area (Å²) in [5.41, 5.74) is -1.40. The van der Waals surface area contributed by atoms with E-state index in [-0.39, 0.29) is 18.5 Å². The minimum Gasteiger partial charge on any atom is -0.496 e. The molecule has 2 nitrogen and oxygen atoms in total. The molecule has 1 atom stereocenters. The van der Waals surface area contributed by atoms with Crippen molar-refractivity contribution in [3.63, 3.8) is 0 Å². The second kappa shape index (κ2) is 4.72. The number of hydrogen-bond acceptors (Lipinski definition) is 2. The van der Waals surface area contributed by atoms with Gasteiger partial charge in [-0.3, -0.25) is 4.79 Å². The van der Waals surface area contributed by atoms with Crippen molar-refractivity contribution in [1.82, 2.24) is 0 Å². The SMILES string of the molecule is COC1=C(c2ccccc2)CC(F)(C=O)C(F)=C1. The molecule has 1 aliphatic carbocycles. The number of benzene rings is 1. The molecule has 1 unspecified atom stereocenters. The van der Waals surface area contributed by atoms with Gasteiger partial charge in [0.1, 0.15) is 11.6 Å². The smallest absolute Gasteiger partial charge is 0.220 e. The summed E-state index contributed by atoms with van der Waals surface area (Å²) in [6, 6.07) is 8.90. The number of methoxy groups -OCH3 is 1. The molecule has 0 N–H and O–H groups in total. The first kappa shape index (κ1) is 12.5. The normalized spacial score (nSPS) is 23.6. The van der Waals surface area contributed by atoms with E-state index in [1.54, 1.807) is 24.3 Å². The molecule has 1 aliphatic rings. The fraction of sp³-hybridized carbons (Fsp3) is 0.214. The first-order chi connectivity index (χ1) is 8.60. The standard InChI is InChI=1S/C14H12F2O2/c1-18-12-7-13(15)14(16,9-17)8-11(12)10-5-3-2-4-6-10/h2-7,9H,8H2,1H3. The van der Waals surface area contributed by atoms with Gasteiger partial charge in [0.2, 0.25) is 5.67 Å². The highest BCUT2D eigenvalue weighted by Crippen LogP contribution is 2.40. The highest BCUT2D eigenvalue weighted by Gasteiger charge is 2.40. The molecule has 1 aromatic carbocycles. The summed E-state index contributed by atoms with van der Waals surface area (Å²) in [5, 5.41) is 0. The molecule has 0 aromatic heterocycles. The van der Waals surface area contributed by atoms with Crippen LogP contribution in [-0.2, 0) is 9.53 Å². The van der Waals surface area contributed by atoms with E-state index in [9.17, 15) is 13.6 Å². The highest BCUT2D eigenvalue weighted by molar-refractivity contribution is 5.80. The monoisotopic (exact) mass is 250 g/mol. The Morgan fingerprint density at radius 2 is 2.00 bits per heavy atom. The Hall–Kier alpha value is -1.97. The minimum absolute atomic E-state index is 0.00574. The van der Waals surface area contributed by atoms with Gasteiger partial charge in [0.15, 0.2) is 6.29 Å². The van der Waals surface area contributed by atoms with Crippen molar-refractivity contribution >= 4 is 11.9 Å². The van der Waals surface area contributed by atoms with Crippen LogP contribution in [0.25, 0.3) is 5.57 Å². The van der Waals surface area contributed by atoms with Gasteiger partial charge in [0.05, 0.1) is 7.11 Å². The fourth-order valence-electron chi connectivity index (χ4n) is 1.91. The quantitative estimate of drug-likeness (QED) is 0.770. The molecule has 1 aromatic rings. The summed E-state index contributed by atoms with van der Waals surface area (Å²) in [6.45, 7) is 0. The van der Waals surface area contributed by atoms with E-state index in [1.807, 2.05) is 6.07 Å². The molecule has 0 heterocycles. The molecule has 0 radical (unpaired) electrons. The van der Waals surface area contributed by atoms with Crippen LogP contribution in [-0.4, -0.2) is 19.1 Å². The molecular weight excluding hydrogens is 238 g/mol. The third kappa shape index (κ3) is 2.06. The van der Waals surface area contributed by atoms with Gasteiger partial charge in [-0.05, 0) is 5.56 Å². The van der Waals surface area contributed by atoms with E-state index in [0.717, 1.165) is 6.08 Å². The van der Waals surface area contributed by atoms with Gasteiger partial charge >= 0.3 is 0 Å². The highest BCUT2D eigenvalue weighted by atomic mass is 19.2. The second-order valence-corrected chi connectivity index (χ2v) is 4.06. The van der Waals surface area contributed by atoms with Crippen molar-refractivity contribution < 1.29 is 18.3 Å². The van der Waals surface area contributed by atoms with Crippen LogP contribution in [0.5, 0.6) is 0 Å². The van der Waals surface area contributed by atoms with E-state index in [0.29, 0.717) is 11.1 Å². The number of allylic oxidation sites excluding steroid dienone is 3. The van der Waals surface area contributed by atoms with Gasteiger partial charge in [-0.1, -0.05) is 30.3 Å². The van der Waals surface area contributed by atoms with Crippen molar-refractivity contribution in [2.45, 2.75) is 12.1 Å². The van der Waals surface area contributed by atoms with E-state index < -0.39 is 11.5 Å². The topological polar surface area (TPSA) is 26.3 Å². The van der Waals surface area contributed by atoms with E-state index in [1.165, 1.54) is 7.11 Å². The summed E-state index contributed by atoms with van der Waals surface area (Å²) in [7, 11) is 1.38. The maximum atomic E-state index is 14.0. The maximum Gasteiger partial charge on any atom is 0.220 e. The Morgan fingerprint density at radius 1 is 1.33 bits per heavy atom. The van der Waals surface area contributed by atoms with Crippen LogP contribution in [0.2, 0.25) is 0 Å². The lowest BCUT2D eigenvalue weighted by atomic mass is 9.87. The van der Waals surface area contributed by atoms with Crippen LogP contribution in [0.1, 0.15) is 12.0 Å². The van der Waals surface area contributed by atoms with E-state index >= 15 is 0 Å². The van der Waals surface area contributed by atoms with E-state index in [4.69, 9.17) is 4.74 Å². The zero-order valence-electron chi connectivity index (χ0n) is 9.82. The van der Waals surface area contributed by atoms with Gasteiger partial charge in [-0.15, -0.1) is 0 Å². The summed E-state index contributed by atoms with van der Waals surface area (Å²) in [6.07, 6.45) is 0.570. The van der Waals surface area contributed by atoms with Gasteiger partial charge < -0.3 is 4.74 Å². The number of carbonyl (C=O) groups is 1. The lowest BCUT2D eigenvalue weighted by Crippen LogP contribution is -2.29. The van der Waals surface area contributed by atoms with Gasteiger partial charge in [-0.2, -0.15) is 0 Å². The summed E-state index contributed by atoms with van der Waals surface area (Å²) < 4.78 is 32.6. The third-order valence-corrected chi connectivity index (χ3v) is 2.92. The summed E-state index contributed by atoms with van der Waals surface area (Å²) in [5.74, 6) is -0.872. The summed E-state index contributed by atoms with van der Waals surface area (Å²) in [4.78, 5) is 10.7. The van der Waals surface area contributed by atoms with Crippen LogP contribution in [0.3, 0.4) is 0 Å². The number of halogens is 2. The van der Waals surface area contributed by atoms with Crippen molar-refractivity contribution in [3.05, 3.63) is 53.6 Å². The fourth-order valence-corrected chi connectivity index (χ4v) is 1.91. The zero-order chi connectivity index (χ0) is 13.2. The first-order valence-electron chi connectivity index (χ1n) is 5.46. The lowest BCUT2D eigenvalue weighted by molar-refractivity contribution is -0.116. The Kier molecular flexibility index (Phi) is 3.28. The number of alkyl halides is 1. The Bertz CT molecular complexity index is 520. The number of aldehydes is 1. The van der Waals surface area contributed by atoms with E-state index in [2.05, 4.69) is 0 Å². The molecule has 0 fully saturated rings. The van der Waals surface area contributed by atoms with Crippen LogP contribution < -0.4 is 0 Å². The molecular formula is C14H12F2O2. The average Bonchev–Trinajstić information content (AvgIpc) is 2.42. The Balaban J connectivity index is 2.52. The van der Waals surface area contributed by atoms with Gasteiger partial charge in [0.25, 0.3) is 0 Å². The second-order valence-electron chi connectivity index (χ2n) is 4.06. The molecule has 2 rings (SSSR count).